The molecule has 3 rings (SSSR count). The Kier molecular flexibility index (Phi) is 4.46. The average Bonchev–Trinajstić information content (AvgIpc) is 2.95. The highest BCUT2D eigenvalue weighted by Crippen LogP contribution is 2.18. The molecule has 0 fully saturated rings. The van der Waals surface area contributed by atoms with Gasteiger partial charge in [-0.15, -0.1) is 0 Å². The maximum atomic E-state index is 13.1. The van der Waals surface area contributed by atoms with E-state index in [1.807, 2.05) is 32.0 Å². The summed E-state index contributed by atoms with van der Waals surface area (Å²) >= 11 is 0. The largest absolute Gasteiger partial charge is 0.483 e. The molecule has 1 N–H and O–H groups in total. The fraction of sp³-hybridized carbons (Fsp3) is 0.222. The second-order valence-corrected chi connectivity index (χ2v) is 5.68. The van der Waals surface area contributed by atoms with Crippen LogP contribution in [0.1, 0.15) is 16.8 Å². The van der Waals surface area contributed by atoms with Gasteiger partial charge in [0.05, 0.1) is 12.2 Å². The van der Waals surface area contributed by atoms with Crippen molar-refractivity contribution in [1.82, 2.24) is 14.7 Å². The summed E-state index contributed by atoms with van der Waals surface area (Å²) in [5.74, 6) is 0.130. The molecule has 1 amide bonds. The van der Waals surface area contributed by atoms with Crippen molar-refractivity contribution in [3.8, 4) is 5.75 Å². The topological polar surface area (TPSA) is 55.6 Å². The summed E-state index contributed by atoms with van der Waals surface area (Å²) in [4.78, 5) is 16.2. The van der Waals surface area contributed by atoms with Gasteiger partial charge in [0.1, 0.15) is 17.2 Å². The van der Waals surface area contributed by atoms with Crippen LogP contribution in [0.5, 0.6) is 5.75 Å². The fourth-order valence-corrected chi connectivity index (χ4v) is 2.35. The van der Waals surface area contributed by atoms with Gasteiger partial charge in [-0.25, -0.2) is 9.37 Å². The minimum absolute atomic E-state index is 0.0632. The number of aryl methyl sites for hydroxylation is 2. The first kappa shape index (κ1) is 16.0. The number of imidazole rings is 1. The van der Waals surface area contributed by atoms with Crippen LogP contribution in [0.3, 0.4) is 0 Å². The van der Waals surface area contributed by atoms with Crippen molar-refractivity contribution in [3.05, 3.63) is 65.4 Å². The Labute approximate surface area is 139 Å². The van der Waals surface area contributed by atoms with E-state index in [-0.39, 0.29) is 24.9 Å². The van der Waals surface area contributed by atoms with Crippen LogP contribution in [0.4, 0.5) is 4.39 Å². The Morgan fingerprint density at radius 1 is 1.25 bits per heavy atom. The van der Waals surface area contributed by atoms with Gasteiger partial charge in [0.2, 0.25) is 0 Å². The van der Waals surface area contributed by atoms with Crippen LogP contribution in [0.25, 0.3) is 5.65 Å². The van der Waals surface area contributed by atoms with Crippen molar-refractivity contribution in [3.63, 3.8) is 0 Å². The van der Waals surface area contributed by atoms with E-state index in [2.05, 4.69) is 10.3 Å². The van der Waals surface area contributed by atoms with Crippen LogP contribution in [-0.2, 0) is 11.3 Å². The lowest BCUT2D eigenvalue weighted by Gasteiger charge is -2.09. The van der Waals surface area contributed by atoms with Crippen molar-refractivity contribution in [2.24, 2.45) is 0 Å². The standard InChI is InChI=1S/C18H18FN3O2/c1-12-3-4-13(2)16(7-12)24-11-18(23)20-8-15-10-22-9-14(19)5-6-17(22)21-15/h3-7,9-10H,8,11H2,1-2H3,(H,20,23). The van der Waals surface area contributed by atoms with E-state index in [0.717, 1.165) is 11.1 Å². The van der Waals surface area contributed by atoms with Crippen LogP contribution in [0.2, 0.25) is 0 Å². The molecule has 3 aromatic rings. The predicted molar refractivity (Wildman–Crippen MR) is 88.4 cm³/mol. The average molecular weight is 327 g/mol. The maximum absolute atomic E-state index is 13.1. The van der Waals surface area contributed by atoms with Crippen LogP contribution in [-0.4, -0.2) is 21.9 Å². The van der Waals surface area contributed by atoms with E-state index < -0.39 is 0 Å². The maximum Gasteiger partial charge on any atom is 0.258 e. The molecule has 0 radical (unpaired) electrons. The Morgan fingerprint density at radius 2 is 2.08 bits per heavy atom. The van der Waals surface area contributed by atoms with E-state index in [1.165, 1.54) is 12.3 Å². The third-order valence-electron chi connectivity index (χ3n) is 3.63. The second-order valence-electron chi connectivity index (χ2n) is 5.68. The number of hydrogen-bond donors (Lipinski definition) is 1. The zero-order valence-electron chi connectivity index (χ0n) is 13.5. The molecule has 0 unspecified atom stereocenters. The third-order valence-corrected chi connectivity index (χ3v) is 3.63. The van der Waals surface area contributed by atoms with Crippen molar-refractivity contribution < 1.29 is 13.9 Å². The number of nitrogens with zero attached hydrogens (tertiary/aromatic N) is 2. The van der Waals surface area contributed by atoms with Crippen molar-refractivity contribution in [2.45, 2.75) is 20.4 Å². The zero-order chi connectivity index (χ0) is 17.1. The summed E-state index contributed by atoms with van der Waals surface area (Å²) in [7, 11) is 0. The molecule has 2 heterocycles. The van der Waals surface area contributed by atoms with Crippen LogP contribution in [0, 0.1) is 19.7 Å². The molecule has 0 atom stereocenters. The molecule has 5 nitrogen and oxygen atoms in total. The lowest BCUT2D eigenvalue weighted by atomic mass is 10.1. The molecule has 0 bridgehead atoms. The first-order valence-electron chi connectivity index (χ1n) is 7.61. The Balaban J connectivity index is 1.55. The quantitative estimate of drug-likeness (QED) is 0.784. The number of halogens is 1. The van der Waals surface area contributed by atoms with Crippen LogP contribution >= 0.6 is 0 Å². The van der Waals surface area contributed by atoms with Gasteiger partial charge in [-0.3, -0.25) is 4.79 Å². The molecule has 0 aliphatic heterocycles. The van der Waals surface area contributed by atoms with Crippen molar-refractivity contribution >= 4 is 11.6 Å². The van der Waals surface area contributed by atoms with E-state index >= 15 is 0 Å². The number of hydrogen-bond acceptors (Lipinski definition) is 3. The molecule has 1 aromatic carbocycles. The number of benzene rings is 1. The fourth-order valence-electron chi connectivity index (χ4n) is 2.35. The molecule has 124 valence electrons. The van der Waals surface area contributed by atoms with E-state index in [0.29, 0.717) is 17.1 Å². The number of fused-ring (bicyclic) bond motifs is 1. The summed E-state index contributed by atoms with van der Waals surface area (Å²) in [6, 6.07) is 8.79. The number of amides is 1. The number of rotatable bonds is 5. The van der Waals surface area contributed by atoms with Gasteiger partial charge < -0.3 is 14.5 Å². The van der Waals surface area contributed by atoms with Gasteiger partial charge in [0, 0.05) is 12.4 Å². The van der Waals surface area contributed by atoms with Crippen molar-refractivity contribution in [1.29, 1.82) is 0 Å². The second kappa shape index (κ2) is 6.70. The van der Waals surface area contributed by atoms with Gasteiger partial charge in [-0.05, 0) is 43.2 Å². The van der Waals surface area contributed by atoms with Crippen molar-refractivity contribution in [2.75, 3.05) is 6.61 Å². The number of carbonyl (C=O) groups excluding carboxylic acids is 1. The summed E-state index contributed by atoms with van der Waals surface area (Å²) in [5, 5.41) is 2.75. The molecule has 0 aliphatic carbocycles. The zero-order valence-corrected chi connectivity index (χ0v) is 13.5. The summed E-state index contributed by atoms with van der Waals surface area (Å²) in [6.45, 7) is 4.10. The molecule has 0 aliphatic rings. The summed E-state index contributed by atoms with van der Waals surface area (Å²) in [5.41, 5.74) is 3.34. The monoisotopic (exact) mass is 327 g/mol. The SMILES string of the molecule is Cc1ccc(C)c(OCC(=O)NCc2cn3cc(F)ccc3n2)c1. The molecule has 0 spiro atoms. The number of aromatic nitrogens is 2. The summed E-state index contributed by atoms with van der Waals surface area (Å²) < 4.78 is 20.3. The van der Waals surface area contributed by atoms with E-state index in [4.69, 9.17) is 4.74 Å². The minimum Gasteiger partial charge on any atom is -0.483 e. The Hall–Kier alpha value is -2.89. The normalized spacial score (nSPS) is 10.8. The molecule has 6 heteroatoms. The molecule has 2 aromatic heterocycles. The van der Waals surface area contributed by atoms with E-state index in [9.17, 15) is 9.18 Å². The van der Waals surface area contributed by atoms with Gasteiger partial charge in [0.25, 0.3) is 5.91 Å². The number of carbonyl (C=O) groups is 1. The van der Waals surface area contributed by atoms with Gasteiger partial charge in [-0.1, -0.05) is 12.1 Å². The molecule has 24 heavy (non-hydrogen) atoms. The lowest BCUT2D eigenvalue weighted by molar-refractivity contribution is -0.123. The van der Waals surface area contributed by atoms with E-state index in [1.54, 1.807) is 16.7 Å². The third kappa shape index (κ3) is 3.71. The highest BCUT2D eigenvalue weighted by molar-refractivity contribution is 5.77. The molecular formula is C18H18FN3O2. The smallest absolute Gasteiger partial charge is 0.258 e. The highest BCUT2D eigenvalue weighted by atomic mass is 19.1. The van der Waals surface area contributed by atoms with Gasteiger partial charge >= 0.3 is 0 Å². The highest BCUT2D eigenvalue weighted by Gasteiger charge is 2.07. The summed E-state index contributed by atoms with van der Waals surface area (Å²) in [6.07, 6.45) is 3.03. The van der Waals surface area contributed by atoms with Crippen LogP contribution < -0.4 is 10.1 Å². The molecule has 0 saturated carbocycles. The first-order chi connectivity index (χ1) is 11.5. The number of nitrogens with one attached hydrogen (secondary N) is 1. The minimum atomic E-state index is -0.336. The lowest BCUT2D eigenvalue weighted by Crippen LogP contribution is -2.28. The number of ether oxygens (including phenoxy) is 1. The van der Waals surface area contributed by atoms with Gasteiger partial charge in [-0.2, -0.15) is 0 Å². The molecule has 0 saturated heterocycles. The Morgan fingerprint density at radius 3 is 2.92 bits per heavy atom. The predicted octanol–water partition coefficient (Wildman–Crippen LogP) is 2.79. The first-order valence-corrected chi connectivity index (χ1v) is 7.61. The Bertz CT molecular complexity index is 889. The number of pyridine rings is 1. The van der Waals surface area contributed by atoms with Crippen LogP contribution in [0.15, 0.2) is 42.7 Å². The molecular weight excluding hydrogens is 309 g/mol. The van der Waals surface area contributed by atoms with Gasteiger partial charge in [0.15, 0.2) is 6.61 Å².